The van der Waals surface area contributed by atoms with Gasteiger partial charge in [-0.2, -0.15) is 5.10 Å². The number of phenols is 1. The van der Waals surface area contributed by atoms with Crippen LogP contribution in [0.5, 0.6) is 5.75 Å². The van der Waals surface area contributed by atoms with Crippen LogP contribution in [0.25, 0.3) is 10.8 Å². The van der Waals surface area contributed by atoms with Crippen LogP contribution in [0.15, 0.2) is 53.6 Å². The largest absolute Gasteiger partial charge is 0.507 e. The van der Waals surface area contributed by atoms with Gasteiger partial charge in [0.1, 0.15) is 5.75 Å². The summed E-state index contributed by atoms with van der Waals surface area (Å²) < 4.78 is 27.2. The number of aryl methyl sites for hydroxylation is 1. The van der Waals surface area contributed by atoms with Crippen LogP contribution >= 0.6 is 0 Å². The van der Waals surface area contributed by atoms with Gasteiger partial charge in [0.05, 0.1) is 11.8 Å². The maximum Gasteiger partial charge on any atom is 0.275 e. The number of benzene rings is 3. The standard InChI is InChI=1S/C19H14F2N2O2/c1-11-6-7-14(18(21)17(11)20)10-22-23-19(25)15-8-12-4-2-3-5-13(12)9-16(15)24/h2-10,24H,1H3,(H,23,25)/b22-10+. The van der Waals surface area contributed by atoms with Crippen LogP contribution in [0.1, 0.15) is 21.5 Å². The van der Waals surface area contributed by atoms with E-state index in [0.717, 1.165) is 17.0 Å². The number of rotatable bonds is 3. The zero-order valence-electron chi connectivity index (χ0n) is 13.3. The number of nitrogens with zero attached hydrogens (tertiary/aromatic N) is 1. The molecule has 0 saturated heterocycles. The second-order valence-electron chi connectivity index (χ2n) is 5.52. The minimum atomic E-state index is -1.04. The van der Waals surface area contributed by atoms with E-state index in [1.165, 1.54) is 31.2 Å². The van der Waals surface area contributed by atoms with Crippen LogP contribution in [-0.4, -0.2) is 17.2 Å². The fourth-order valence-electron chi connectivity index (χ4n) is 2.39. The van der Waals surface area contributed by atoms with Gasteiger partial charge in [-0.3, -0.25) is 4.79 Å². The van der Waals surface area contributed by atoms with E-state index in [0.29, 0.717) is 0 Å². The maximum absolute atomic E-state index is 13.7. The lowest BCUT2D eigenvalue weighted by Gasteiger charge is -2.06. The van der Waals surface area contributed by atoms with E-state index in [-0.39, 0.29) is 22.4 Å². The van der Waals surface area contributed by atoms with Gasteiger partial charge in [-0.25, -0.2) is 14.2 Å². The van der Waals surface area contributed by atoms with E-state index in [2.05, 4.69) is 10.5 Å². The average Bonchev–Trinajstić information content (AvgIpc) is 2.61. The molecule has 2 N–H and O–H groups in total. The molecule has 25 heavy (non-hydrogen) atoms. The minimum absolute atomic E-state index is 0.0337. The molecule has 0 radical (unpaired) electrons. The SMILES string of the molecule is Cc1ccc(/C=N/NC(=O)c2cc3ccccc3cc2O)c(F)c1F. The summed E-state index contributed by atoms with van der Waals surface area (Å²) in [5.41, 5.74) is 2.32. The highest BCUT2D eigenvalue weighted by Crippen LogP contribution is 2.24. The van der Waals surface area contributed by atoms with Gasteiger partial charge in [0.25, 0.3) is 5.91 Å². The zero-order chi connectivity index (χ0) is 18.0. The lowest BCUT2D eigenvalue weighted by molar-refractivity contribution is 0.0952. The fraction of sp³-hybridized carbons (Fsp3) is 0.0526. The van der Waals surface area contributed by atoms with Crippen molar-refractivity contribution in [1.29, 1.82) is 0 Å². The smallest absolute Gasteiger partial charge is 0.275 e. The third-order valence-electron chi connectivity index (χ3n) is 3.78. The second-order valence-corrected chi connectivity index (χ2v) is 5.52. The van der Waals surface area contributed by atoms with E-state index in [9.17, 15) is 18.7 Å². The Morgan fingerprint density at radius 3 is 2.48 bits per heavy atom. The first-order valence-electron chi connectivity index (χ1n) is 7.47. The van der Waals surface area contributed by atoms with Crippen LogP contribution in [0.3, 0.4) is 0 Å². The first-order chi connectivity index (χ1) is 12.0. The van der Waals surface area contributed by atoms with Crippen LogP contribution in [0.4, 0.5) is 8.78 Å². The van der Waals surface area contributed by atoms with Gasteiger partial charge in [0, 0.05) is 5.56 Å². The summed E-state index contributed by atoms with van der Waals surface area (Å²) in [7, 11) is 0. The van der Waals surface area contributed by atoms with Crippen LogP contribution in [0, 0.1) is 18.6 Å². The molecule has 126 valence electrons. The van der Waals surface area contributed by atoms with Gasteiger partial charge in [-0.1, -0.05) is 30.3 Å². The topological polar surface area (TPSA) is 61.7 Å². The summed E-state index contributed by atoms with van der Waals surface area (Å²) in [6.45, 7) is 1.45. The Morgan fingerprint density at radius 2 is 1.76 bits per heavy atom. The molecule has 0 unspecified atom stereocenters. The summed E-state index contributed by atoms with van der Waals surface area (Å²) in [6, 6.07) is 13.0. The van der Waals surface area contributed by atoms with Crippen molar-refractivity contribution in [3.63, 3.8) is 0 Å². The molecule has 3 aromatic rings. The number of halogens is 2. The van der Waals surface area contributed by atoms with Crippen molar-refractivity contribution in [3.05, 3.63) is 76.9 Å². The molecule has 3 rings (SSSR count). The van der Waals surface area contributed by atoms with Crippen LogP contribution in [0.2, 0.25) is 0 Å². The van der Waals surface area contributed by atoms with Crippen molar-refractivity contribution in [2.75, 3.05) is 0 Å². The Bertz CT molecular complexity index is 1000. The number of hydrogen-bond acceptors (Lipinski definition) is 3. The van der Waals surface area contributed by atoms with Gasteiger partial charge in [0.15, 0.2) is 11.6 Å². The predicted molar refractivity (Wildman–Crippen MR) is 91.8 cm³/mol. The molecule has 1 amide bonds. The molecule has 0 aliphatic rings. The highest BCUT2D eigenvalue weighted by molar-refractivity contribution is 6.01. The third kappa shape index (κ3) is 3.33. The quantitative estimate of drug-likeness (QED) is 0.561. The van der Waals surface area contributed by atoms with Crippen molar-refractivity contribution in [2.24, 2.45) is 5.10 Å². The van der Waals surface area contributed by atoms with E-state index in [4.69, 9.17) is 0 Å². The molecule has 0 bridgehead atoms. The number of fused-ring (bicyclic) bond motifs is 1. The van der Waals surface area contributed by atoms with E-state index in [1.807, 2.05) is 18.2 Å². The molecule has 0 saturated carbocycles. The zero-order valence-corrected chi connectivity index (χ0v) is 13.3. The molecule has 0 aliphatic carbocycles. The lowest BCUT2D eigenvalue weighted by Crippen LogP contribution is -2.18. The highest BCUT2D eigenvalue weighted by atomic mass is 19.2. The normalized spacial score (nSPS) is 11.2. The number of nitrogens with one attached hydrogen (secondary N) is 1. The molecule has 0 fully saturated rings. The average molecular weight is 340 g/mol. The Hall–Kier alpha value is -3.28. The van der Waals surface area contributed by atoms with Gasteiger partial charge in [-0.15, -0.1) is 0 Å². The number of amides is 1. The van der Waals surface area contributed by atoms with Gasteiger partial charge >= 0.3 is 0 Å². The number of phenolic OH excluding ortho intramolecular Hbond substituents is 1. The van der Waals surface area contributed by atoms with E-state index >= 15 is 0 Å². The summed E-state index contributed by atoms with van der Waals surface area (Å²) >= 11 is 0. The van der Waals surface area contributed by atoms with Gasteiger partial charge in [-0.05, 0) is 41.5 Å². The molecular formula is C19H14F2N2O2. The molecule has 6 heteroatoms. The van der Waals surface area contributed by atoms with Crippen LogP contribution in [-0.2, 0) is 0 Å². The van der Waals surface area contributed by atoms with Gasteiger partial charge < -0.3 is 5.11 Å². The monoisotopic (exact) mass is 340 g/mol. The van der Waals surface area contributed by atoms with Crippen molar-refractivity contribution in [3.8, 4) is 5.75 Å². The van der Waals surface area contributed by atoms with Crippen molar-refractivity contribution in [1.82, 2.24) is 5.43 Å². The Morgan fingerprint density at radius 1 is 1.08 bits per heavy atom. The molecule has 0 aliphatic heterocycles. The molecular weight excluding hydrogens is 326 g/mol. The first-order valence-corrected chi connectivity index (χ1v) is 7.47. The first kappa shape index (κ1) is 16.6. The van der Waals surface area contributed by atoms with Gasteiger partial charge in [0.2, 0.25) is 0 Å². The Kier molecular flexibility index (Phi) is 4.43. The summed E-state index contributed by atoms with van der Waals surface area (Å²) in [4.78, 5) is 12.2. The number of hydrazone groups is 1. The number of carbonyl (C=O) groups excluding carboxylic acids is 1. The van der Waals surface area contributed by atoms with Crippen molar-refractivity contribution >= 4 is 22.9 Å². The molecule has 0 spiro atoms. The highest BCUT2D eigenvalue weighted by Gasteiger charge is 2.12. The maximum atomic E-state index is 13.7. The molecule has 0 heterocycles. The lowest BCUT2D eigenvalue weighted by atomic mass is 10.1. The number of aromatic hydroxyl groups is 1. The Labute approximate surface area is 142 Å². The van der Waals surface area contributed by atoms with Crippen LogP contribution < -0.4 is 5.43 Å². The third-order valence-corrected chi connectivity index (χ3v) is 3.78. The summed E-state index contributed by atoms with van der Waals surface area (Å²) in [6.07, 6.45) is 1.01. The summed E-state index contributed by atoms with van der Waals surface area (Å²) in [5.74, 6) is -2.85. The predicted octanol–water partition coefficient (Wildman–Crippen LogP) is 3.90. The Balaban J connectivity index is 1.81. The fourth-order valence-corrected chi connectivity index (χ4v) is 2.39. The molecule has 3 aromatic carbocycles. The number of carbonyl (C=O) groups is 1. The molecule has 0 aromatic heterocycles. The van der Waals surface area contributed by atoms with Crippen molar-refractivity contribution < 1.29 is 18.7 Å². The minimum Gasteiger partial charge on any atom is -0.507 e. The van der Waals surface area contributed by atoms with E-state index < -0.39 is 17.5 Å². The van der Waals surface area contributed by atoms with E-state index in [1.54, 1.807) is 6.07 Å². The number of hydrogen-bond donors (Lipinski definition) is 2. The second kappa shape index (κ2) is 6.68. The van der Waals surface area contributed by atoms with Crippen molar-refractivity contribution in [2.45, 2.75) is 6.92 Å². The molecule has 0 atom stereocenters. The summed E-state index contributed by atoms with van der Waals surface area (Å²) in [5, 5.41) is 15.2. The molecule has 4 nitrogen and oxygen atoms in total.